The second kappa shape index (κ2) is 4.41. The fourth-order valence-corrected chi connectivity index (χ4v) is 1.95. The molecule has 1 aliphatic carbocycles. The van der Waals surface area contributed by atoms with Crippen molar-refractivity contribution in [3.8, 4) is 0 Å². The third-order valence-electron chi connectivity index (χ3n) is 3.32. The highest BCUT2D eigenvalue weighted by Gasteiger charge is 2.45. The molecule has 0 aromatic carbocycles. The van der Waals surface area contributed by atoms with E-state index < -0.39 is 5.54 Å². The Morgan fingerprint density at radius 2 is 1.88 bits per heavy atom. The van der Waals surface area contributed by atoms with Crippen LogP contribution in [0.15, 0.2) is 0 Å². The Kier molecular flexibility index (Phi) is 3.14. The first kappa shape index (κ1) is 11.4. The van der Waals surface area contributed by atoms with Crippen LogP contribution in [0.25, 0.3) is 0 Å². The van der Waals surface area contributed by atoms with Crippen LogP contribution in [-0.4, -0.2) is 41.9 Å². The first-order valence-corrected chi connectivity index (χ1v) is 5.97. The summed E-state index contributed by atoms with van der Waals surface area (Å²) in [6.07, 6.45) is 4.12. The smallest absolute Gasteiger partial charge is 0.240 e. The number of nitrogens with two attached hydrogens (primary N) is 1. The van der Waals surface area contributed by atoms with E-state index in [1.165, 1.54) is 0 Å². The number of likely N-dealkylation sites (tertiary alicyclic amines) is 1. The number of rotatable bonds is 4. The minimum absolute atomic E-state index is 0.110. The predicted octanol–water partition coefficient (Wildman–Crippen LogP) is -0.394. The van der Waals surface area contributed by atoms with Crippen molar-refractivity contribution in [2.75, 3.05) is 19.6 Å². The Hall–Kier alpha value is -1.10. The van der Waals surface area contributed by atoms with Gasteiger partial charge in [-0.15, -0.1) is 0 Å². The van der Waals surface area contributed by atoms with Crippen molar-refractivity contribution in [1.82, 2.24) is 10.2 Å². The highest BCUT2D eigenvalue weighted by atomic mass is 16.2. The summed E-state index contributed by atoms with van der Waals surface area (Å²) in [5.74, 6) is 0.0291. The van der Waals surface area contributed by atoms with Crippen LogP contribution >= 0.6 is 0 Å². The molecule has 1 aliphatic heterocycles. The van der Waals surface area contributed by atoms with Gasteiger partial charge < -0.3 is 16.0 Å². The van der Waals surface area contributed by atoms with Gasteiger partial charge in [0.05, 0.1) is 5.54 Å². The van der Waals surface area contributed by atoms with Crippen molar-refractivity contribution in [3.63, 3.8) is 0 Å². The second-order valence-electron chi connectivity index (χ2n) is 4.75. The van der Waals surface area contributed by atoms with Gasteiger partial charge in [0.25, 0.3) is 0 Å². The lowest BCUT2D eigenvalue weighted by Gasteiger charge is -2.15. The van der Waals surface area contributed by atoms with Crippen LogP contribution in [-0.2, 0) is 9.59 Å². The van der Waals surface area contributed by atoms with Crippen molar-refractivity contribution < 1.29 is 9.59 Å². The average Bonchev–Trinajstić information content (AvgIpc) is 2.83. The zero-order valence-electron chi connectivity index (χ0n) is 9.50. The molecule has 5 nitrogen and oxygen atoms in total. The maximum atomic E-state index is 11.6. The summed E-state index contributed by atoms with van der Waals surface area (Å²) >= 11 is 0. The van der Waals surface area contributed by atoms with Gasteiger partial charge in [-0.1, -0.05) is 0 Å². The van der Waals surface area contributed by atoms with Gasteiger partial charge in [-0.3, -0.25) is 9.59 Å². The molecular formula is C11H19N3O2. The summed E-state index contributed by atoms with van der Waals surface area (Å²) in [5.41, 5.74) is 5.09. The van der Waals surface area contributed by atoms with E-state index in [-0.39, 0.29) is 11.8 Å². The van der Waals surface area contributed by atoms with E-state index in [9.17, 15) is 9.59 Å². The quantitative estimate of drug-likeness (QED) is 0.684. The Labute approximate surface area is 95.3 Å². The van der Waals surface area contributed by atoms with E-state index >= 15 is 0 Å². The Balaban J connectivity index is 1.64. The summed E-state index contributed by atoms with van der Waals surface area (Å²) in [5, 5.41) is 2.73. The van der Waals surface area contributed by atoms with Crippen molar-refractivity contribution in [1.29, 1.82) is 0 Å². The van der Waals surface area contributed by atoms with E-state index in [2.05, 4.69) is 5.32 Å². The number of amides is 2. The molecule has 0 spiro atoms. The average molecular weight is 225 g/mol. The molecule has 5 heteroatoms. The standard InChI is InChI=1S/C11H19N3O2/c12-11(4-5-11)10(16)13-6-3-9(15)14-7-1-2-8-14/h1-8,12H2,(H,13,16). The van der Waals surface area contributed by atoms with Crippen molar-refractivity contribution in [2.45, 2.75) is 37.6 Å². The van der Waals surface area contributed by atoms with Crippen LogP contribution in [0.5, 0.6) is 0 Å². The molecule has 0 bridgehead atoms. The predicted molar refractivity (Wildman–Crippen MR) is 59.6 cm³/mol. The van der Waals surface area contributed by atoms with Gasteiger partial charge >= 0.3 is 0 Å². The fourth-order valence-electron chi connectivity index (χ4n) is 1.95. The third-order valence-corrected chi connectivity index (χ3v) is 3.32. The monoisotopic (exact) mass is 225 g/mol. The van der Waals surface area contributed by atoms with E-state index in [0.717, 1.165) is 38.8 Å². The van der Waals surface area contributed by atoms with Crippen LogP contribution < -0.4 is 11.1 Å². The van der Waals surface area contributed by atoms with E-state index in [4.69, 9.17) is 5.73 Å². The molecule has 0 radical (unpaired) electrons. The van der Waals surface area contributed by atoms with Crippen LogP contribution in [0.2, 0.25) is 0 Å². The molecule has 16 heavy (non-hydrogen) atoms. The second-order valence-corrected chi connectivity index (χ2v) is 4.75. The molecule has 0 aromatic rings. The molecule has 2 fully saturated rings. The molecule has 90 valence electrons. The SMILES string of the molecule is NC1(C(=O)NCCC(=O)N2CCCC2)CC1. The molecule has 2 aliphatic rings. The minimum Gasteiger partial charge on any atom is -0.354 e. The van der Waals surface area contributed by atoms with Crippen LogP contribution in [0.1, 0.15) is 32.1 Å². The van der Waals surface area contributed by atoms with E-state index in [1.54, 1.807) is 0 Å². The van der Waals surface area contributed by atoms with Gasteiger partial charge in [-0.25, -0.2) is 0 Å². The Morgan fingerprint density at radius 1 is 1.25 bits per heavy atom. The molecular weight excluding hydrogens is 206 g/mol. The number of carbonyl (C=O) groups excluding carboxylic acids is 2. The number of hydrogen-bond acceptors (Lipinski definition) is 3. The zero-order chi connectivity index (χ0) is 11.6. The number of nitrogens with one attached hydrogen (secondary N) is 1. The van der Waals surface area contributed by atoms with Crippen molar-refractivity contribution >= 4 is 11.8 Å². The zero-order valence-corrected chi connectivity index (χ0v) is 9.50. The first-order chi connectivity index (χ1) is 7.62. The Morgan fingerprint density at radius 3 is 2.44 bits per heavy atom. The molecule has 0 aromatic heterocycles. The van der Waals surface area contributed by atoms with Crippen molar-refractivity contribution in [2.24, 2.45) is 5.73 Å². The first-order valence-electron chi connectivity index (χ1n) is 5.97. The summed E-state index contributed by atoms with van der Waals surface area (Å²) in [7, 11) is 0. The molecule has 0 unspecified atom stereocenters. The maximum absolute atomic E-state index is 11.6. The molecule has 1 saturated carbocycles. The lowest BCUT2D eigenvalue weighted by molar-refractivity contribution is -0.130. The van der Waals surface area contributed by atoms with Crippen LogP contribution in [0.4, 0.5) is 0 Å². The largest absolute Gasteiger partial charge is 0.354 e. The van der Waals surface area contributed by atoms with Gasteiger partial charge in [0.1, 0.15) is 0 Å². The lowest BCUT2D eigenvalue weighted by Crippen LogP contribution is -2.44. The minimum atomic E-state index is -0.628. The highest BCUT2D eigenvalue weighted by molar-refractivity contribution is 5.89. The molecule has 1 saturated heterocycles. The topological polar surface area (TPSA) is 75.4 Å². The summed E-state index contributed by atoms with van der Waals surface area (Å²) in [6.45, 7) is 2.15. The third kappa shape index (κ3) is 2.52. The fraction of sp³-hybridized carbons (Fsp3) is 0.818. The molecule has 1 heterocycles. The number of nitrogens with zero attached hydrogens (tertiary/aromatic N) is 1. The van der Waals surface area contributed by atoms with Gasteiger partial charge in [0.2, 0.25) is 11.8 Å². The molecule has 2 amide bonds. The maximum Gasteiger partial charge on any atom is 0.240 e. The number of carbonyl (C=O) groups is 2. The Bertz CT molecular complexity index is 294. The van der Waals surface area contributed by atoms with Crippen LogP contribution in [0.3, 0.4) is 0 Å². The van der Waals surface area contributed by atoms with Gasteiger partial charge in [0, 0.05) is 26.1 Å². The molecule has 0 atom stereocenters. The van der Waals surface area contributed by atoms with Gasteiger partial charge in [-0.05, 0) is 25.7 Å². The van der Waals surface area contributed by atoms with Gasteiger partial charge in [0.15, 0.2) is 0 Å². The molecule has 2 rings (SSSR count). The van der Waals surface area contributed by atoms with Crippen molar-refractivity contribution in [3.05, 3.63) is 0 Å². The highest BCUT2D eigenvalue weighted by Crippen LogP contribution is 2.31. The van der Waals surface area contributed by atoms with Gasteiger partial charge in [-0.2, -0.15) is 0 Å². The van der Waals surface area contributed by atoms with E-state index in [1.807, 2.05) is 4.90 Å². The summed E-state index contributed by atoms with van der Waals surface area (Å²) in [6, 6.07) is 0. The van der Waals surface area contributed by atoms with E-state index in [0.29, 0.717) is 13.0 Å². The number of hydrogen-bond donors (Lipinski definition) is 2. The lowest BCUT2D eigenvalue weighted by atomic mass is 10.2. The molecule has 3 N–H and O–H groups in total. The normalized spacial score (nSPS) is 21.9. The summed E-state index contributed by atoms with van der Waals surface area (Å²) in [4.78, 5) is 25.0. The summed E-state index contributed by atoms with van der Waals surface area (Å²) < 4.78 is 0. The van der Waals surface area contributed by atoms with Crippen LogP contribution in [0, 0.1) is 0 Å².